The maximum atomic E-state index is 15.5. The molecule has 0 saturated carbocycles. The Kier molecular flexibility index (Phi) is 8.69. The van der Waals surface area contributed by atoms with Gasteiger partial charge in [0.15, 0.2) is 0 Å². The van der Waals surface area contributed by atoms with E-state index in [2.05, 4.69) is 21.3 Å². The third kappa shape index (κ3) is 6.03. The number of carbonyl (C=O) groups is 1. The Morgan fingerprint density at radius 3 is 3.03 bits per heavy atom. The number of rotatable bonds is 10. The van der Waals surface area contributed by atoms with Gasteiger partial charge in [-0.2, -0.15) is 0 Å². The van der Waals surface area contributed by atoms with Crippen molar-refractivity contribution in [1.29, 1.82) is 0 Å². The average Bonchev–Trinajstić information content (AvgIpc) is 3.36. The second kappa shape index (κ2) is 11.7. The SMILES string of the molecule is COc1ccc2ncc(Cl)c([C@H](F)CCC3CCN(CCSc4cccs4)CC3C(=O)O)c2c1. The van der Waals surface area contributed by atoms with Crippen molar-refractivity contribution in [3.05, 3.63) is 52.5 Å². The Labute approximate surface area is 212 Å². The summed E-state index contributed by atoms with van der Waals surface area (Å²) in [6.07, 6.45) is 1.65. The normalized spacial score (nSPS) is 19.9. The summed E-state index contributed by atoms with van der Waals surface area (Å²) in [6.45, 7) is 2.20. The van der Waals surface area contributed by atoms with Gasteiger partial charge >= 0.3 is 5.97 Å². The Morgan fingerprint density at radius 2 is 2.29 bits per heavy atom. The lowest BCUT2D eigenvalue weighted by molar-refractivity contribution is -0.146. The lowest BCUT2D eigenvalue weighted by Gasteiger charge is -2.36. The highest BCUT2D eigenvalue weighted by Crippen LogP contribution is 2.38. The number of hydrogen-bond donors (Lipinski definition) is 1. The molecule has 0 amide bonds. The monoisotopic (exact) mass is 522 g/mol. The summed E-state index contributed by atoms with van der Waals surface area (Å²) in [5.74, 6) is 0.200. The first kappa shape index (κ1) is 25.2. The minimum Gasteiger partial charge on any atom is -0.497 e. The molecule has 9 heteroatoms. The van der Waals surface area contributed by atoms with Crippen molar-refractivity contribution < 1.29 is 19.0 Å². The van der Waals surface area contributed by atoms with E-state index in [9.17, 15) is 9.90 Å². The van der Waals surface area contributed by atoms with Crippen LogP contribution in [0.4, 0.5) is 4.39 Å². The molecule has 2 unspecified atom stereocenters. The van der Waals surface area contributed by atoms with E-state index < -0.39 is 18.1 Å². The maximum Gasteiger partial charge on any atom is 0.308 e. The summed E-state index contributed by atoms with van der Waals surface area (Å²) in [5.41, 5.74) is 1.06. The van der Waals surface area contributed by atoms with Crippen molar-refractivity contribution in [2.45, 2.75) is 29.6 Å². The van der Waals surface area contributed by atoms with Gasteiger partial charge in [-0.15, -0.1) is 23.1 Å². The quantitative estimate of drug-likeness (QED) is 0.304. The standard InChI is InChI=1S/C25H28ClFN2O3S2/c1-32-17-5-7-22-18(13-17)24(20(26)14-28-22)21(27)6-4-16-8-9-29(15-19(16)25(30)31)10-12-34-23-3-2-11-33-23/h2-3,5,7,11,13-14,16,19,21H,4,6,8-10,12,15H2,1H3,(H,30,31)/t16?,19?,21-/m1/s1. The van der Waals surface area contributed by atoms with Gasteiger partial charge in [-0.1, -0.05) is 17.7 Å². The van der Waals surface area contributed by atoms with Gasteiger partial charge < -0.3 is 14.7 Å². The van der Waals surface area contributed by atoms with Gasteiger partial charge in [0.25, 0.3) is 0 Å². The van der Waals surface area contributed by atoms with Crippen LogP contribution in [-0.2, 0) is 4.79 Å². The molecule has 0 radical (unpaired) electrons. The number of thioether (sulfide) groups is 1. The molecule has 34 heavy (non-hydrogen) atoms. The van der Waals surface area contributed by atoms with Crippen LogP contribution in [0.5, 0.6) is 5.75 Å². The second-order valence-corrected chi connectivity index (χ2v) is 11.3. The number of aliphatic carboxylic acids is 1. The molecule has 4 rings (SSSR count). The van der Waals surface area contributed by atoms with Crippen molar-refractivity contribution in [2.24, 2.45) is 11.8 Å². The summed E-state index contributed by atoms with van der Waals surface area (Å²) in [7, 11) is 1.56. The Morgan fingerprint density at radius 1 is 1.44 bits per heavy atom. The van der Waals surface area contributed by atoms with E-state index in [0.29, 0.717) is 35.2 Å². The minimum absolute atomic E-state index is 0.0571. The largest absolute Gasteiger partial charge is 0.497 e. The molecule has 3 aromatic rings. The highest BCUT2D eigenvalue weighted by molar-refractivity contribution is 8.01. The fraction of sp³-hybridized carbons (Fsp3) is 0.440. The van der Waals surface area contributed by atoms with E-state index in [1.54, 1.807) is 48.4 Å². The summed E-state index contributed by atoms with van der Waals surface area (Å²) >= 11 is 9.88. The first-order chi connectivity index (χ1) is 16.5. The van der Waals surface area contributed by atoms with Crippen molar-refractivity contribution in [1.82, 2.24) is 9.88 Å². The highest BCUT2D eigenvalue weighted by atomic mass is 35.5. The molecule has 5 nitrogen and oxygen atoms in total. The smallest absolute Gasteiger partial charge is 0.308 e. The summed E-state index contributed by atoms with van der Waals surface area (Å²) in [4.78, 5) is 18.5. The van der Waals surface area contributed by atoms with E-state index in [4.69, 9.17) is 16.3 Å². The van der Waals surface area contributed by atoms with Crippen LogP contribution in [-0.4, -0.2) is 53.5 Å². The number of thiophene rings is 1. The number of alkyl halides is 1. The average molecular weight is 523 g/mol. The zero-order valence-corrected chi connectivity index (χ0v) is 21.3. The number of aromatic nitrogens is 1. The molecular formula is C25H28ClFN2O3S2. The topological polar surface area (TPSA) is 62.7 Å². The van der Waals surface area contributed by atoms with E-state index >= 15 is 4.39 Å². The first-order valence-corrected chi connectivity index (χ1v) is 13.6. The molecular weight excluding hydrogens is 495 g/mol. The van der Waals surface area contributed by atoms with Crippen LogP contribution in [0.15, 0.2) is 46.1 Å². The van der Waals surface area contributed by atoms with Crippen LogP contribution < -0.4 is 4.74 Å². The Hall–Kier alpha value is -1.87. The Bertz CT molecular complexity index is 1110. The lowest BCUT2D eigenvalue weighted by atomic mass is 9.81. The van der Waals surface area contributed by atoms with Crippen molar-refractivity contribution in [3.63, 3.8) is 0 Å². The lowest BCUT2D eigenvalue weighted by Crippen LogP contribution is -2.44. The predicted molar refractivity (Wildman–Crippen MR) is 137 cm³/mol. The van der Waals surface area contributed by atoms with Gasteiger partial charge in [-0.3, -0.25) is 9.78 Å². The van der Waals surface area contributed by atoms with E-state index in [1.807, 2.05) is 6.07 Å². The molecule has 1 fully saturated rings. The van der Waals surface area contributed by atoms with Gasteiger partial charge in [0.2, 0.25) is 0 Å². The molecule has 1 aromatic carbocycles. The minimum atomic E-state index is -1.31. The van der Waals surface area contributed by atoms with Crippen LogP contribution in [0.3, 0.4) is 0 Å². The number of fused-ring (bicyclic) bond motifs is 1. The van der Waals surface area contributed by atoms with Crippen LogP contribution in [0.2, 0.25) is 5.02 Å². The number of pyridine rings is 1. The molecule has 1 aliphatic rings. The number of likely N-dealkylation sites (tertiary alicyclic amines) is 1. The number of methoxy groups -OCH3 is 1. The first-order valence-electron chi connectivity index (χ1n) is 11.3. The van der Waals surface area contributed by atoms with Gasteiger partial charge in [0.1, 0.15) is 11.9 Å². The van der Waals surface area contributed by atoms with Gasteiger partial charge in [0, 0.05) is 36.0 Å². The number of carboxylic acid groups (broad SMARTS) is 1. The molecule has 3 atom stereocenters. The van der Waals surface area contributed by atoms with Crippen molar-refractivity contribution in [3.8, 4) is 5.75 Å². The molecule has 0 spiro atoms. The fourth-order valence-corrected chi connectivity index (χ4v) is 6.77. The van der Waals surface area contributed by atoms with E-state index in [0.717, 1.165) is 25.3 Å². The molecule has 1 N–H and O–H groups in total. The molecule has 2 aromatic heterocycles. The van der Waals surface area contributed by atoms with E-state index in [-0.39, 0.29) is 17.4 Å². The number of carboxylic acids is 1. The molecule has 1 saturated heterocycles. The molecule has 3 heterocycles. The van der Waals surface area contributed by atoms with Gasteiger partial charge in [-0.05, 0) is 61.4 Å². The van der Waals surface area contributed by atoms with Crippen LogP contribution in [0.1, 0.15) is 31.0 Å². The van der Waals surface area contributed by atoms with E-state index in [1.165, 1.54) is 10.4 Å². The summed E-state index contributed by atoms with van der Waals surface area (Å²) < 4.78 is 22.1. The fourth-order valence-electron chi connectivity index (χ4n) is 4.64. The van der Waals surface area contributed by atoms with Crippen molar-refractivity contribution >= 4 is 51.6 Å². The highest BCUT2D eigenvalue weighted by Gasteiger charge is 2.34. The number of hydrogen-bond acceptors (Lipinski definition) is 6. The predicted octanol–water partition coefficient (Wildman–Crippen LogP) is 6.56. The zero-order chi connectivity index (χ0) is 24.1. The zero-order valence-electron chi connectivity index (χ0n) is 19.0. The number of benzene rings is 1. The maximum absolute atomic E-state index is 15.5. The van der Waals surface area contributed by atoms with Crippen LogP contribution in [0.25, 0.3) is 10.9 Å². The van der Waals surface area contributed by atoms with Gasteiger partial charge in [0.05, 0.1) is 27.8 Å². The molecule has 1 aliphatic heterocycles. The van der Waals surface area contributed by atoms with Crippen LogP contribution >= 0.6 is 34.7 Å². The summed E-state index contributed by atoms with van der Waals surface area (Å²) in [6, 6.07) is 9.46. The van der Waals surface area contributed by atoms with Crippen molar-refractivity contribution in [2.75, 3.05) is 32.5 Å². The number of halogens is 2. The van der Waals surface area contributed by atoms with Gasteiger partial charge in [-0.25, -0.2) is 4.39 Å². The molecule has 0 bridgehead atoms. The summed E-state index contributed by atoms with van der Waals surface area (Å²) in [5, 5.41) is 12.8. The van der Waals surface area contributed by atoms with Crippen LogP contribution in [0, 0.1) is 11.8 Å². The molecule has 182 valence electrons. The second-order valence-electron chi connectivity index (χ2n) is 8.52. The Balaban J connectivity index is 1.38. The molecule has 0 aliphatic carbocycles. The number of nitrogens with zero attached hydrogens (tertiary/aromatic N) is 2. The third-order valence-corrected chi connectivity index (χ3v) is 8.89. The number of piperidine rings is 1. The third-order valence-electron chi connectivity index (χ3n) is 6.48. The number of ether oxygens (including phenoxy) is 1.